The van der Waals surface area contributed by atoms with Crippen molar-refractivity contribution >= 4 is 17.3 Å². The number of imidazole rings is 1. The molecule has 0 aliphatic heterocycles. The Morgan fingerprint density at radius 1 is 0.938 bits per heavy atom. The van der Waals surface area contributed by atoms with Crippen LogP contribution in [0.3, 0.4) is 0 Å². The summed E-state index contributed by atoms with van der Waals surface area (Å²) in [6.45, 7) is 8.41. The summed E-state index contributed by atoms with van der Waals surface area (Å²) in [7, 11) is 0. The van der Waals surface area contributed by atoms with E-state index in [1.54, 1.807) is 24.8 Å². The molecule has 32 heavy (non-hydrogen) atoms. The molecule has 3 N–H and O–H groups in total. The molecule has 0 unspecified atom stereocenters. The minimum Gasteiger partial charge on any atom is -0.384 e. The first-order valence-corrected chi connectivity index (χ1v) is 10.9. The van der Waals surface area contributed by atoms with E-state index in [0.717, 1.165) is 60.3 Å². The number of rotatable bonds is 10. The highest BCUT2D eigenvalue weighted by molar-refractivity contribution is 5.64. The van der Waals surface area contributed by atoms with Crippen LogP contribution in [-0.4, -0.2) is 56.0 Å². The molecule has 3 heterocycles. The monoisotopic (exact) mass is 428 g/mol. The Labute approximate surface area is 188 Å². The Balaban J connectivity index is 1.43. The summed E-state index contributed by atoms with van der Waals surface area (Å²) in [4.78, 5) is 23.3. The van der Waals surface area contributed by atoms with Gasteiger partial charge < -0.3 is 20.5 Å². The van der Waals surface area contributed by atoms with Crippen molar-refractivity contribution in [2.75, 3.05) is 36.8 Å². The molecule has 3 aromatic heterocycles. The maximum atomic E-state index is 4.65. The van der Waals surface area contributed by atoms with E-state index < -0.39 is 0 Å². The van der Waals surface area contributed by atoms with Gasteiger partial charge in [-0.15, -0.1) is 0 Å². The Morgan fingerprint density at radius 2 is 1.81 bits per heavy atom. The van der Waals surface area contributed by atoms with Gasteiger partial charge in [-0.3, -0.25) is 4.98 Å². The van der Waals surface area contributed by atoms with Crippen LogP contribution in [0.25, 0.3) is 22.8 Å². The van der Waals surface area contributed by atoms with E-state index in [1.165, 1.54) is 0 Å². The quantitative estimate of drug-likeness (QED) is 0.344. The summed E-state index contributed by atoms with van der Waals surface area (Å²) in [6, 6.07) is 13.9. The summed E-state index contributed by atoms with van der Waals surface area (Å²) < 4.78 is 0. The lowest BCUT2D eigenvalue weighted by Crippen LogP contribution is -2.28. The number of aromatic nitrogens is 5. The fourth-order valence-corrected chi connectivity index (χ4v) is 3.40. The lowest BCUT2D eigenvalue weighted by Gasteiger charge is -2.18. The number of pyridine rings is 1. The summed E-state index contributed by atoms with van der Waals surface area (Å²) in [5.74, 6) is 1.28. The highest BCUT2D eigenvalue weighted by Gasteiger charge is 2.08. The lowest BCUT2D eigenvalue weighted by atomic mass is 10.2. The van der Waals surface area contributed by atoms with Crippen LogP contribution in [0.2, 0.25) is 0 Å². The van der Waals surface area contributed by atoms with E-state index in [1.807, 2.05) is 30.3 Å². The molecule has 0 aliphatic carbocycles. The highest BCUT2D eigenvalue weighted by Crippen LogP contribution is 2.22. The molecule has 8 nitrogen and oxygen atoms in total. The molecule has 164 valence electrons. The predicted octanol–water partition coefficient (Wildman–Crippen LogP) is 4.43. The van der Waals surface area contributed by atoms with Crippen molar-refractivity contribution in [3.63, 3.8) is 0 Å². The number of hydrogen-bond donors (Lipinski definition) is 3. The average Bonchev–Trinajstić information content (AvgIpc) is 3.33. The van der Waals surface area contributed by atoms with Crippen molar-refractivity contribution in [1.82, 2.24) is 29.8 Å². The first-order chi connectivity index (χ1) is 15.7. The number of hydrogen-bond acceptors (Lipinski definition) is 7. The predicted molar refractivity (Wildman–Crippen MR) is 129 cm³/mol. The second kappa shape index (κ2) is 10.5. The second-order valence-electron chi connectivity index (χ2n) is 7.31. The molecule has 8 heteroatoms. The van der Waals surface area contributed by atoms with E-state index in [9.17, 15) is 0 Å². The van der Waals surface area contributed by atoms with Crippen LogP contribution in [0.4, 0.5) is 17.3 Å². The second-order valence-corrected chi connectivity index (χ2v) is 7.31. The van der Waals surface area contributed by atoms with Gasteiger partial charge in [0.05, 0.1) is 17.6 Å². The number of anilines is 3. The number of benzene rings is 1. The van der Waals surface area contributed by atoms with Gasteiger partial charge in [-0.25, -0.2) is 15.0 Å². The van der Waals surface area contributed by atoms with Crippen LogP contribution >= 0.6 is 0 Å². The van der Waals surface area contributed by atoms with Gasteiger partial charge in [0.1, 0.15) is 5.82 Å². The zero-order chi connectivity index (χ0) is 22.2. The summed E-state index contributed by atoms with van der Waals surface area (Å²) in [5, 5.41) is 6.78. The van der Waals surface area contributed by atoms with Gasteiger partial charge >= 0.3 is 0 Å². The Bertz CT molecular complexity index is 1120. The molecule has 0 atom stereocenters. The number of aromatic amines is 1. The van der Waals surface area contributed by atoms with Gasteiger partial charge in [-0.05, 0) is 49.5 Å². The number of nitrogens with one attached hydrogen (secondary N) is 3. The van der Waals surface area contributed by atoms with Crippen LogP contribution in [0.5, 0.6) is 0 Å². The largest absolute Gasteiger partial charge is 0.384 e. The number of likely N-dealkylation sites (N-methyl/N-ethyl adjacent to an activating group) is 1. The van der Waals surface area contributed by atoms with Gasteiger partial charge in [0.2, 0.25) is 5.95 Å². The van der Waals surface area contributed by atoms with E-state index in [0.29, 0.717) is 5.95 Å². The van der Waals surface area contributed by atoms with E-state index in [4.69, 9.17) is 0 Å². The fraction of sp³-hybridized carbons (Fsp3) is 0.250. The summed E-state index contributed by atoms with van der Waals surface area (Å²) >= 11 is 0. The first kappa shape index (κ1) is 21.5. The Hall–Kier alpha value is -3.78. The summed E-state index contributed by atoms with van der Waals surface area (Å²) in [6.07, 6.45) is 7.03. The first-order valence-electron chi connectivity index (χ1n) is 10.9. The topological polar surface area (TPSA) is 94.6 Å². The zero-order valence-corrected chi connectivity index (χ0v) is 18.4. The molecule has 0 amide bonds. The third-order valence-electron chi connectivity index (χ3n) is 5.21. The lowest BCUT2D eigenvalue weighted by molar-refractivity contribution is 0.316. The van der Waals surface area contributed by atoms with Crippen LogP contribution in [0.15, 0.2) is 67.3 Å². The normalized spacial score (nSPS) is 11.0. The smallest absolute Gasteiger partial charge is 0.227 e. The van der Waals surface area contributed by atoms with Crippen LogP contribution in [0.1, 0.15) is 13.8 Å². The van der Waals surface area contributed by atoms with E-state index in [-0.39, 0.29) is 0 Å². The minimum atomic E-state index is 0.528. The van der Waals surface area contributed by atoms with E-state index >= 15 is 0 Å². The maximum absolute atomic E-state index is 4.65. The van der Waals surface area contributed by atoms with E-state index in [2.05, 4.69) is 66.4 Å². The molecule has 0 saturated carbocycles. The molecule has 4 rings (SSSR count). The molecular weight excluding hydrogens is 400 g/mol. The molecule has 0 aliphatic rings. The average molecular weight is 429 g/mol. The van der Waals surface area contributed by atoms with Gasteiger partial charge in [0, 0.05) is 48.6 Å². The molecule has 1 aromatic carbocycles. The van der Waals surface area contributed by atoms with Crippen LogP contribution in [-0.2, 0) is 0 Å². The van der Waals surface area contributed by atoms with Gasteiger partial charge in [-0.2, -0.15) is 0 Å². The standard InChI is InChI=1S/C24H28N8/c1-3-32(4-2)14-13-26-19-8-5-9-20(15-19)29-24-27-12-10-21(31-24)22-17-28-23(30-22)18-7-6-11-25-16-18/h5-12,15-17,26H,3-4,13-14H2,1-2H3,(H,28,30)(H,27,29,31). The van der Waals surface area contributed by atoms with Crippen molar-refractivity contribution in [3.05, 3.63) is 67.3 Å². The molecule has 4 aromatic rings. The third kappa shape index (κ3) is 5.47. The maximum Gasteiger partial charge on any atom is 0.227 e. The molecule has 0 saturated heterocycles. The number of nitrogens with zero attached hydrogens (tertiary/aromatic N) is 5. The third-order valence-corrected chi connectivity index (χ3v) is 5.21. The molecular formula is C24H28N8. The van der Waals surface area contributed by atoms with Gasteiger partial charge in [0.15, 0.2) is 0 Å². The van der Waals surface area contributed by atoms with Crippen molar-refractivity contribution in [3.8, 4) is 22.8 Å². The molecule has 0 fully saturated rings. The van der Waals surface area contributed by atoms with Gasteiger partial charge in [-0.1, -0.05) is 19.9 Å². The Kier molecular flexibility index (Phi) is 7.04. The zero-order valence-electron chi connectivity index (χ0n) is 18.4. The SMILES string of the molecule is CCN(CC)CCNc1cccc(Nc2nccc(-c3cnc(-c4cccnc4)[nH]3)n2)c1. The molecule has 0 bridgehead atoms. The number of H-pyrrole nitrogens is 1. The van der Waals surface area contributed by atoms with Crippen LogP contribution < -0.4 is 10.6 Å². The van der Waals surface area contributed by atoms with Crippen molar-refractivity contribution < 1.29 is 0 Å². The van der Waals surface area contributed by atoms with Crippen molar-refractivity contribution in [1.29, 1.82) is 0 Å². The highest BCUT2D eigenvalue weighted by atomic mass is 15.1. The summed E-state index contributed by atoms with van der Waals surface area (Å²) in [5.41, 5.74) is 4.50. The van der Waals surface area contributed by atoms with Crippen LogP contribution in [0, 0.1) is 0 Å². The Morgan fingerprint density at radius 3 is 2.62 bits per heavy atom. The minimum absolute atomic E-state index is 0.528. The van der Waals surface area contributed by atoms with Crippen molar-refractivity contribution in [2.45, 2.75) is 13.8 Å². The molecule has 0 radical (unpaired) electrons. The molecule has 0 spiro atoms. The van der Waals surface area contributed by atoms with Gasteiger partial charge in [0.25, 0.3) is 0 Å². The van der Waals surface area contributed by atoms with Crippen molar-refractivity contribution in [2.24, 2.45) is 0 Å². The fourth-order valence-electron chi connectivity index (χ4n) is 3.40.